The van der Waals surface area contributed by atoms with Crippen molar-refractivity contribution in [3.05, 3.63) is 46.0 Å². The standard InChI is InChI=1S/C14H15IN2O3S/c1-17(2)21(18,19)10-7-8-14(12(16)9-10)20-13-6-4-3-5-11(13)15/h3-9H,16H2,1-2H3. The van der Waals surface area contributed by atoms with Crippen molar-refractivity contribution < 1.29 is 13.2 Å². The van der Waals surface area contributed by atoms with Crippen LogP contribution in [-0.2, 0) is 10.0 Å². The summed E-state index contributed by atoms with van der Waals surface area (Å²) in [7, 11) is -0.552. The van der Waals surface area contributed by atoms with Crippen LogP contribution in [0.15, 0.2) is 47.4 Å². The van der Waals surface area contributed by atoms with Gasteiger partial charge in [0.15, 0.2) is 0 Å². The van der Waals surface area contributed by atoms with Gasteiger partial charge in [0, 0.05) is 14.1 Å². The maximum absolute atomic E-state index is 12.0. The van der Waals surface area contributed by atoms with E-state index in [0.717, 1.165) is 7.88 Å². The fourth-order valence-electron chi connectivity index (χ4n) is 1.64. The second kappa shape index (κ2) is 6.20. The van der Waals surface area contributed by atoms with Crippen LogP contribution in [0.25, 0.3) is 0 Å². The van der Waals surface area contributed by atoms with E-state index in [1.807, 2.05) is 24.3 Å². The number of anilines is 1. The van der Waals surface area contributed by atoms with Gasteiger partial charge in [-0.3, -0.25) is 0 Å². The number of rotatable bonds is 4. The summed E-state index contributed by atoms with van der Waals surface area (Å²) in [6.07, 6.45) is 0. The van der Waals surface area contributed by atoms with Crippen LogP contribution in [0.2, 0.25) is 0 Å². The van der Waals surface area contributed by atoms with Crippen molar-refractivity contribution in [2.75, 3.05) is 19.8 Å². The highest BCUT2D eigenvalue weighted by molar-refractivity contribution is 14.1. The second-order valence-electron chi connectivity index (χ2n) is 4.52. The van der Waals surface area contributed by atoms with Gasteiger partial charge in [-0.15, -0.1) is 0 Å². The Bertz CT molecular complexity index is 761. The van der Waals surface area contributed by atoms with Crippen LogP contribution in [0.4, 0.5) is 5.69 Å². The van der Waals surface area contributed by atoms with Crippen molar-refractivity contribution in [3.63, 3.8) is 0 Å². The molecule has 0 radical (unpaired) electrons. The summed E-state index contributed by atoms with van der Waals surface area (Å²) in [6, 6.07) is 12.0. The minimum absolute atomic E-state index is 0.139. The predicted molar refractivity (Wildman–Crippen MR) is 91.0 cm³/mol. The zero-order valence-corrected chi connectivity index (χ0v) is 14.6. The zero-order valence-electron chi connectivity index (χ0n) is 11.6. The normalized spacial score (nSPS) is 11.6. The quantitative estimate of drug-likeness (QED) is 0.612. The topological polar surface area (TPSA) is 72.6 Å². The van der Waals surface area contributed by atoms with E-state index in [1.54, 1.807) is 6.07 Å². The molecule has 0 unspecified atom stereocenters. The summed E-state index contributed by atoms with van der Waals surface area (Å²) in [5, 5.41) is 0. The lowest BCUT2D eigenvalue weighted by molar-refractivity contribution is 0.481. The molecular weight excluding hydrogens is 403 g/mol. The van der Waals surface area contributed by atoms with Crippen LogP contribution in [0.5, 0.6) is 11.5 Å². The number of benzene rings is 2. The minimum Gasteiger partial charge on any atom is -0.454 e. The van der Waals surface area contributed by atoms with Crippen LogP contribution in [0.3, 0.4) is 0 Å². The average molecular weight is 418 g/mol. The molecule has 0 fully saturated rings. The lowest BCUT2D eigenvalue weighted by Crippen LogP contribution is -2.22. The van der Waals surface area contributed by atoms with Crippen LogP contribution < -0.4 is 10.5 Å². The molecule has 2 N–H and O–H groups in total. The molecule has 0 saturated heterocycles. The molecule has 0 bridgehead atoms. The van der Waals surface area contributed by atoms with Gasteiger partial charge in [0.1, 0.15) is 11.5 Å². The van der Waals surface area contributed by atoms with E-state index in [1.165, 1.54) is 26.2 Å². The maximum atomic E-state index is 12.0. The van der Waals surface area contributed by atoms with Gasteiger partial charge in [-0.25, -0.2) is 12.7 Å². The highest BCUT2D eigenvalue weighted by atomic mass is 127. The molecule has 0 spiro atoms. The first-order valence-electron chi connectivity index (χ1n) is 6.07. The Kier molecular flexibility index (Phi) is 4.74. The van der Waals surface area contributed by atoms with E-state index in [4.69, 9.17) is 10.5 Å². The molecule has 21 heavy (non-hydrogen) atoms. The number of sulfonamides is 1. The van der Waals surface area contributed by atoms with E-state index in [9.17, 15) is 8.42 Å². The molecule has 0 atom stereocenters. The fourth-order valence-corrected chi connectivity index (χ4v) is 3.07. The number of para-hydroxylation sites is 1. The number of nitrogens with zero attached hydrogens (tertiary/aromatic N) is 1. The first-order chi connectivity index (χ1) is 9.82. The lowest BCUT2D eigenvalue weighted by Gasteiger charge is -2.14. The third kappa shape index (κ3) is 3.47. The van der Waals surface area contributed by atoms with Crippen LogP contribution in [0, 0.1) is 3.57 Å². The molecule has 112 valence electrons. The van der Waals surface area contributed by atoms with Gasteiger partial charge in [0.25, 0.3) is 0 Å². The van der Waals surface area contributed by atoms with E-state index in [2.05, 4.69) is 22.6 Å². The Hall–Kier alpha value is -1.32. The summed E-state index contributed by atoms with van der Waals surface area (Å²) in [5.74, 6) is 1.10. The van der Waals surface area contributed by atoms with Gasteiger partial charge < -0.3 is 10.5 Å². The molecule has 0 aliphatic rings. The summed E-state index contributed by atoms with van der Waals surface area (Å²) in [4.78, 5) is 0.139. The number of nitrogens with two attached hydrogens (primary N) is 1. The molecule has 0 aromatic heterocycles. The van der Waals surface area contributed by atoms with Gasteiger partial charge in [0.2, 0.25) is 10.0 Å². The Morgan fingerprint density at radius 1 is 1.10 bits per heavy atom. The van der Waals surface area contributed by atoms with Gasteiger partial charge in [0.05, 0.1) is 14.2 Å². The van der Waals surface area contributed by atoms with Crippen LogP contribution in [0.1, 0.15) is 0 Å². The van der Waals surface area contributed by atoms with Crippen molar-refractivity contribution in [3.8, 4) is 11.5 Å². The van der Waals surface area contributed by atoms with E-state index >= 15 is 0 Å². The van der Waals surface area contributed by atoms with Gasteiger partial charge in [-0.2, -0.15) is 0 Å². The third-order valence-electron chi connectivity index (χ3n) is 2.82. The Balaban J connectivity index is 2.35. The number of ether oxygens (including phenoxy) is 1. The van der Waals surface area contributed by atoms with Gasteiger partial charge in [-0.1, -0.05) is 12.1 Å². The Morgan fingerprint density at radius 2 is 1.76 bits per heavy atom. The second-order valence-corrected chi connectivity index (χ2v) is 7.83. The van der Waals surface area contributed by atoms with E-state index in [-0.39, 0.29) is 10.6 Å². The van der Waals surface area contributed by atoms with Crippen molar-refractivity contribution in [2.24, 2.45) is 0 Å². The molecule has 2 aromatic rings. The highest BCUT2D eigenvalue weighted by Crippen LogP contribution is 2.32. The van der Waals surface area contributed by atoms with Crippen LogP contribution >= 0.6 is 22.6 Å². The zero-order chi connectivity index (χ0) is 15.6. The number of hydrogen-bond donors (Lipinski definition) is 1. The first kappa shape index (κ1) is 16.1. The summed E-state index contributed by atoms with van der Waals surface area (Å²) in [5.41, 5.74) is 6.18. The van der Waals surface area contributed by atoms with Crippen molar-refractivity contribution >= 4 is 38.3 Å². The Labute approximate surface area is 137 Å². The molecule has 5 nitrogen and oxygen atoms in total. The maximum Gasteiger partial charge on any atom is 0.242 e. The smallest absolute Gasteiger partial charge is 0.242 e. The van der Waals surface area contributed by atoms with Gasteiger partial charge >= 0.3 is 0 Å². The van der Waals surface area contributed by atoms with E-state index in [0.29, 0.717) is 11.5 Å². The van der Waals surface area contributed by atoms with Crippen molar-refractivity contribution in [1.29, 1.82) is 0 Å². The van der Waals surface area contributed by atoms with Crippen molar-refractivity contribution in [2.45, 2.75) is 4.90 Å². The SMILES string of the molecule is CN(C)S(=O)(=O)c1ccc(Oc2ccccc2I)c(N)c1. The fraction of sp³-hybridized carbons (Fsp3) is 0.143. The molecule has 2 rings (SSSR count). The van der Waals surface area contributed by atoms with Crippen LogP contribution in [-0.4, -0.2) is 26.8 Å². The molecule has 0 aliphatic carbocycles. The average Bonchev–Trinajstić information content (AvgIpc) is 2.43. The molecule has 0 aliphatic heterocycles. The lowest BCUT2D eigenvalue weighted by atomic mass is 10.3. The highest BCUT2D eigenvalue weighted by Gasteiger charge is 2.18. The number of halogens is 1. The molecule has 0 saturated carbocycles. The summed E-state index contributed by atoms with van der Waals surface area (Å²) < 4.78 is 31.9. The largest absolute Gasteiger partial charge is 0.454 e. The summed E-state index contributed by atoms with van der Waals surface area (Å²) in [6.45, 7) is 0. The Morgan fingerprint density at radius 3 is 2.33 bits per heavy atom. The third-order valence-corrected chi connectivity index (χ3v) is 5.52. The summed E-state index contributed by atoms with van der Waals surface area (Å²) >= 11 is 2.16. The number of hydrogen-bond acceptors (Lipinski definition) is 4. The first-order valence-corrected chi connectivity index (χ1v) is 8.58. The molecule has 2 aromatic carbocycles. The molecule has 0 heterocycles. The monoisotopic (exact) mass is 418 g/mol. The molecule has 0 amide bonds. The number of nitrogen functional groups attached to an aromatic ring is 1. The van der Waals surface area contributed by atoms with E-state index < -0.39 is 10.0 Å². The predicted octanol–water partition coefficient (Wildman–Crippen LogP) is 2.92. The molecular formula is C14H15IN2O3S. The van der Waals surface area contributed by atoms with Gasteiger partial charge in [-0.05, 0) is 52.9 Å². The van der Waals surface area contributed by atoms with Crippen molar-refractivity contribution in [1.82, 2.24) is 4.31 Å². The minimum atomic E-state index is -3.50. The molecule has 7 heteroatoms.